The van der Waals surface area contributed by atoms with Crippen LogP contribution in [0.5, 0.6) is 0 Å². The van der Waals surface area contributed by atoms with Gasteiger partial charge >= 0.3 is 0 Å². The van der Waals surface area contributed by atoms with Crippen LogP contribution in [0.15, 0.2) is 71.6 Å². The van der Waals surface area contributed by atoms with Gasteiger partial charge in [0.15, 0.2) is 0 Å². The maximum absolute atomic E-state index is 14.2. The molecule has 0 aliphatic heterocycles. The van der Waals surface area contributed by atoms with Gasteiger partial charge in [0.05, 0.1) is 10.6 Å². The number of hydrogen-bond acceptors (Lipinski definition) is 4. The van der Waals surface area contributed by atoms with Crippen molar-refractivity contribution in [1.29, 1.82) is 0 Å². The fraction of sp³-hybridized carbons (Fsp3) is 0.394. The highest BCUT2D eigenvalue weighted by molar-refractivity contribution is 7.92. The molecule has 0 aliphatic carbocycles. The molecule has 0 aliphatic rings. The fourth-order valence-electron chi connectivity index (χ4n) is 4.86. The maximum Gasteiger partial charge on any atom is 0.264 e. The summed E-state index contributed by atoms with van der Waals surface area (Å²) in [4.78, 5) is 29.2. The number of hydrogen-bond donors (Lipinski definition) is 1. The standard InChI is InChI=1S/C33H43N3O4S/c1-7-9-18-34-33(38)31(8-2)35(22-28-13-11-10-12-27(28)6)32(37)23-36(29-20-25(4)19-26(5)21-29)41(39,40)30-16-14-24(3)15-17-30/h10-17,19-21,31H,7-9,18,22-23H2,1-6H3,(H,34,38)/t31-/m1/s1. The molecule has 41 heavy (non-hydrogen) atoms. The van der Waals surface area contributed by atoms with Crippen LogP contribution in [0.3, 0.4) is 0 Å². The predicted octanol–water partition coefficient (Wildman–Crippen LogP) is 5.84. The second-order valence-corrected chi connectivity index (χ2v) is 12.5. The van der Waals surface area contributed by atoms with E-state index in [2.05, 4.69) is 5.32 Å². The van der Waals surface area contributed by atoms with Gasteiger partial charge in [-0.05, 0) is 87.1 Å². The normalized spacial score (nSPS) is 12.0. The van der Waals surface area contributed by atoms with Crippen LogP contribution in [0.1, 0.15) is 60.9 Å². The lowest BCUT2D eigenvalue weighted by molar-refractivity contribution is -0.140. The highest BCUT2D eigenvalue weighted by Gasteiger charge is 2.34. The van der Waals surface area contributed by atoms with Crippen LogP contribution >= 0.6 is 0 Å². The van der Waals surface area contributed by atoms with Crippen LogP contribution in [0, 0.1) is 27.7 Å². The first kappa shape index (κ1) is 31.9. The van der Waals surface area contributed by atoms with E-state index in [9.17, 15) is 18.0 Å². The summed E-state index contributed by atoms with van der Waals surface area (Å²) in [5, 5.41) is 2.97. The molecule has 3 aromatic carbocycles. The van der Waals surface area contributed by atoms with E-state index in [4.69, 9.17) is 0 Å². The summed E-state index contributed by atoms with van der Waals surface area (Å²) >= 11 is 0. The minimum absolute atomic E-state index is 0.102. The van der Waals surface area contributed by atoms with Crippen LogP contribution in [0.2, 0.25) is 0 Å². The Labute approximate surface area is 245 Å². The number of rotatable bonds is 13. The van der Waals surface area contributed by atoms with E-state index in [-0.39, 0.29) is 17.3 Å². The van der Waals surface area contributed by atoms with Crippen molar-refractivity contribution in [3.05, 3.63) is 94.5 Å². The van der Waals surface area contributed by atoms with Gasteiger partial charge in [0.1, 0.15) is 12.6 Å². The molecular weight excluding hydrogens is 534 g/mol. The number of anilines is 1. The Kier molecular flexibility index (Phi) is 11.1. The Balaban J connectivity index is 2.08. The summed E-state index contributed by atoms with van der Waals surface area (Å²) in [7, 11) is -4.10. The quantitative estimate of drug-likeness (QED) is 0.259. The molecule has 2 amide bonds. The van der Waals surface area contributed by atoms with Gasteiger partial charge in [0.2, 0.25) is 11.8 Å². The molecule has 3 rings (SSSR count). The van der Waals surface area contributed by atoms with Crippen molar-refractivity contribution in [2.45, 2.75) is 78.3 Å². The number of nitrogens with zero attached hydrogens (tertiary/aromatic N) is 2. The minimum atomic E-state index is -4.10. The van der Waals surface area contributed by atoms with E-state index in [0.717, 1.165) is 40.7 Å². The average Bonchev–Trinajstić information content (AvgIpc) is 2.92. The molecule has 0 saturated heterocycles. The maximum atomic E-state index is 14.2. The summed E-state index contributed by atoms with van der Waals surface area (Å²) < 4.78 is 29.3. The van der Waals surface area contributed by atoms with Crippen molar-refractivity contribution in [3.8, 4) is 0 Å². The van der Waals surface area contributed by atoms with Crippen LogP contribution < -0.4 is 9.62 Å². The predicted molar refractivity (Wildman–Crippen MR) is 165 cm³/mol. The number of carbonyl (C=O) groups is 2. The third kappa shape index (κ3) is 8.19. The summed E-state index contributed by atoms with van der Waals surface area (Å²) in [5.74, 6) is -0.678. The second kappa shape index (κ2) is 14.3. The highest BCUT2D eigenvalue weighted by atomic mass is 32.2. The Bertz CT molecular complexity index is 1430. The smallest absolute Gasteiger partial charge is 0.264 e. The third-order valence-electron chi connectivity index (χ3n) is 7.20. The Hall–Kier alpha value is -3.65. The molecule has 0 spiro atoms. The van der Waals surface area contributed by atoms with Gasteiger partial charge in [-0.3, -0.25) is 13.9 Å². The second-order valence-electron chi connectivity index (χ2n) is 10.7. The third-order valence-corrected chi connectivity index (χ3v) is 8.99. The summed E-state index contributed by atoms with van der Waals surface area (Å²) in [6.07, 6.45) is 2.16. The molecule has 0 bridgehead atoms. The molecule has 1 atom stereocenters. The number of amides is 2. The van der Waals surface area contributed by atoms with Gasteiger partial charge in [-0.2, -0.15) is 0 Å². The summed E-state index contributed by atoms with van der Waals surface area (Å²) in [6.45, 7) is 11.8. The number of nitrogens with one attached hydrogen (secondary N) is 1. The fourth-order valence-corrected chi connectivity index (χ4v) is 6.26. The average molecular weight is 578 g/mol. The van der Waals surface area contributed by atoms with Gasteiger partial charge < -0.3 is 10.2 Å². The van der Waals surface area contributed by atoms with Gasteiger partial charge in [0.25, 0.3) is 10.0 Å². The molecule has 8 heteroatoms. The summed E-state index contributed by atoms with van der Waals surface area (Å²) in [6, 6.07) is 19.1. The van der Waals surface area contributed by atoms with E-state index in [1.165, 1.54) is 9.21 Å². The van der Waals surface area contributed by atoms with Crippen molar-refractivity contribution in [2.75, 3.05) is 17.4 Å². The number of sulfonamides is 1. The Morgan fingerprint density at radius 2 is 1.49 bits per heavy atom. The number of aryl methyl sites for hydroxylation is 4. The molecule has 0 saturated carbocycles. The molecule has 220 valence electrons. The highest BCUT2D eigenvalue weighted by Crippen LogP contribution is 2.27. The Morgan fingerprint density at radius 3 is 2.07 bits per heavy atom. The van der Waals surface area contributed by atoms with Crippen molar-refractivity contribution in [2.24, 2.45) is 0 Å². The zero-order chi connectivity index (χ0) is 30.2. The first-order valence-electron chi connectivity index (χ1n) is 14.3. The first-order chi connectivity index (χ1) is 19.5. The van der Waals surface area contributed by atoms with E-state index < -0.39 is 28.5 Å². The number of unbranched alkanes of at least 4 members (excludes halogenated alkanes) is 1. The minimum Gasteiger partial charge on any atom is -0.354 e. The molecule has 0 radical (unpaired) electrons. The van der Waals surface area contributed by atoms with Gasteiger partial charge in [-0.15, -0.1) is 0 Å². The Morgan fingerprint density at radius 1 is 0.854 bits per heavy atom. The molecule has 7 nitrogen and oxygen atoms in total. The van der Waals surface area contributed by atoms with Crippen LogP contribution in [-0.4, -0.2) is 44.3 Å². The summed E-state index contributed by atoms with van der Waals surface area (Å²) in [5.41, 5.74) is 5.00. The van der Waals surface area contributed by atoms with E-state index in [0.29, 0.717) is 18.7 Å². The number of carbonyl (C=O) groups excluding carboxylic acids is 2. The molecule has 0 aromatic heterocycles. The zero-order valence-corrected chi connectivity index (χ0v) is 25.9. The van der Waals surface area contributed by atoms with Crippen molar-refractivity contribution in [3.63, 3.8) is 0 Å². The lowest BCUT2D eigenvalue weighted by Crippen LogP contribution is -2.52. The zero-order valence-electron chi connectivity index (χ0n) is 25.1. The van der Waals surface area contributed by atoms with Crippen LogP contribution in [0.25, 0.3) is 0 Å². The molecule has 0 heterocycles. The van der Waals surface area contributed by atoms with E-state index in [1.54, 1.807) is 36.4 Å². The lowest BCUT2D eigenvalue weighted by atomic mass is 10.1. The first-order valence-corrected chi connectivity index (χ1v) is 15.7. The van der Waals surface area contributed by atoms with Crippen LogP contribution in [-0.2, 0) is 26.2 Å². The van der Waals surface area contributed by atoms with Gasteiger partial charge in [-0.25, -0.2) is 8.42 Å². The van der Waals surface area contributed by atoms with Crippen molar-refractivity contribution < 1.29 is 18.0 Å². The largest absolute Gasteiger partial charge is 0.354 e. The van der Waals surface area contributed by atoms with Gasteiger partial charge in [0, 0.05) is 13.1 Å². The lowest BCUT2D eigenvalue weighted by Gasteiger charge is -2.33. The van der Waals surface area contributed by atoms with Gasteiger partial charge in [-0.1, -0.05) is 68.3 Å². The SMILES string of the molecule is CCCCNC(=O)[C@@H](CC)N(Cc1ccccc1C)C(=O)CN(c1cc(C)cc(C)c1)S(=O)(=O)c1ccc(C)cc1. The van der Waals surface area contributed by atoms with Crippen molar-refractivity contribution >= 4 is 27.5 Å². The molecular formula is C33H43N3O4S. The monoisotopic (exact) mass is 577 g/mol. The van der Waals surface area contributed by atoms with Crippen LogP contribution in [0.4, 0.5) is 5.69 Å². The number of benzene rings is 3. The molecule has 0 unspecified atom stereocenters. The van der Waals surface area contributed by atoms with E-state index >= 15 is 0 Å². The molecule has 3 aromatic rings. The molecule has 0 fully saturated rings. The topological polar surface area (TPSA) is 86.8 Å². The van der Waals surface area contributed by atoms with E-state index in [1.807, 2.05) is 71.9 Å². The molecule has 1 N–H and O–H groups in total. The van der Waals surface area contributed by atoms with Crippen molar-refractivity contribution in [1.82, 2.24) is 10.2 Å².